The van der Waals surface area contributed by atoms with Gasteiger partial charge in [0, 0.05) is 5.92 Å². The van der Waals surface area contributed by atoms with E-state index in [0.717, 1.165) is 12.0 Å². The van der Waals surface area contributed by atoms with Gasteiger partial charge in [-0.2, -0.15) is 0 Å². The van der Waals surface area contributed by atoms with Gasteiger partial charge in [-0.1, -0.05) is 36.8 Å². The summed E-state index contributed by atoms with van der Waals surface area (Å²) in [6.45, 7) is 4.08. The van der Waals surface area contributed by atoms with E-state index in [2.05, 4.69) is 5.32 Å². The van der Waals surface area contributed by atoms with E-state index < -0.39 is 5.97 Å². The molecule has 4 nitrogen and oxygen atoms in total. The Morgan fingerprint density at radius 1 is 1.24 bits per heavy atom. The lowest BCUT2D eigenvalue weighted by atomic mass is 10.00. The van der Waals surface area contributed by atoms with Crippen LogP contribution in [0.15, 0.2) is 24.3 Å². The summed E-state index contributed by atoms with van der Waals surface area (Å²) in [4.78, 5) is 23.3. The zero-order valence-corrected chi connectivity index (χ0v) is 12.6. The van der Waals surface area contributed by atoms with Crippen LogP contribution in [0.2, 0.25) is 0 Å². The van der Waals surface area contributed by atoms with E-state index in [9.17, 15) is 9.59 Å². The van der Waals surface area contributed by atoms with Gasteiger partial charge in [-0.05, 0) is 38.2 Å². The number of aliphatic carboxylic acids is 1. The van der Waals surface area contributed by atoms with Gasteiger partial charge in [0.2, 0.25) is 5.91 Å². The van der Waals surface area contributed by atoms with Gasteiger partial charge in [-0.15, -0.1) is 0 Å². The smallest absolute Gasteiger partial charge is 0.306 e. The Hall–Kier alpha value is -1.84. The predicted molar refractivity (Wildman–Crippen MR) is 80.8 cm³/mol. The average molecular weight is 289 g/mol. The second kappa shape index (κ2) is 6.74. The summed E-state index contributed by atoms with van der Waals surface area (Å²) in [7, 11) is 0. The molecule has 1 aromatic carbocycles. The first-order valence-electron chi connectivity index (χ1n) is 7.61. The number of hydrogen-bond donors (Lipinski definition) is 2. The molecular weight excluding hydrogens is 266 g/mol. The lowest BCUT2D eigenvalue weighted by Crippen LogP contribution is -2.33. The number of carbonyl (C=O) groups excluding carboxylic acids is 1. The zero-order valence-electron chi connectivity index (χ0n) is 12.6. The van der Waals surface area contributed by atoms with Gasteiger partial charge in [-0.3, -0.25) is 9.59 Å². The highest BCUT2D eigenvalue weighted by Crippen LogP contribution is 2.32. The van der Waals surface area contributed by atoms with Crippen LogP contribution in [0.4, 0.5) is 0 Å². The molecule has 4 heteroatoms. The fraction of sp³-hybridized carbons (Fsp3) is 0.529. The molecule has 0 spiro atoms. The molecular formula is C17H23NO3. The Balaban J connectivity index is 1.97. The molecule has 1 aliphatic rings. The van der Waals surface area contributed by atoms with E-state index in [1.54, 1.807) is 0 Å². The van der Waals surface area contributed by atoms with Crippen LogP contribution < -0.4 is 5.32 Å². The van der Waals surface area contributed by atoms with E-state index in [1.807, 2.05) is 38.1 Å². The van der Waals surface area contributed by atoms with Crippen LogP contribution in [0.1, 0.15) is 49.8 Å². The normalized spacial score (nSPS) is 22.8. The maximum atomic E-state index is 12.3. The molecule has 1 fully saturated rings. The molecule has 21 heavy (non-hydrogen) atoms. The summed E-state index contributed by atoms with van der Waals surface area (Å²) in [6, 6.07) is 8.17. The summed E-state index contributed by atoms with van der Waals surface area (Å²) < 4.78 is 0. The third-order valence-electron chi connectivity index (χ3n) is 4.36. The van der Waals surface area contributed by atoms with Gasteiger partial charge in [-0.25, -0.2) is 0 Å². The van der Waals surface area contributed by atoms with Gasteiger partial charge in [0.15, 0.2) is 0 Å². The molecule has 0 saturated heterocycles. The molecule has 1 saturated carbocycles. The SMILES string of the molecule is CCC(NC(=O)[C@@H]1CC[C@H](C(=O)O)C1)c1ccc(C)cc1. The number of carbonyl (C=O) groups is 2. The van der Waals surface area contributed by atoms with Crippen molar-refractivity contribution in [3.8, 4) is 0 Å². The minimum absolute atomic E-state index is 0.00183. The monoisotopic (exact) mass is 289 g/mol. The highest BCUT2D eigenvalue weighted by Gasteiger charge is 2.34. The Kier molecular flexibility index (Phi) is 4.99. The van der Waals surface area contributed by atoms with Crippen molar-refractivity contribution in [3.63, 3.8) is 0 Å². The minimum atomic E-state index is -0.782. The maximum Gasteiger partial charge on any atom is 0.306 e. The van der Waals surface area contributed by atoms with Crippen molar-refractivity contribution in [2.45, 2.75) is 45.6 Å². The van der Waals surface area contributed by atoms with Crippen molar-refractivity contribution < 1.29 is 14.7 Å². The maximum absolute atomic E-state index is 12.3. The van der Waals surface area contributed by atoms with Gasteiger partial charge >= 0.3 is 5.97 Å². The molecule has 114 valence electrons. The number of amides is 1. The number of carboxylic acid groups (broad SMARTS) is 1. The molecule has 0 aliphatic heterocycles. The fourth-order valence-electron chi connectivity index (χ4n) is 2.95. The zero-order chi connectivity index (χ0) is 15.4. The molecule has 0 bridgehead atoms. The first-order chi connectivity index (χ1) is 10.0. The number of rotatable bonds is 5. The number of carboxylic acids is 1. The molecule has 1 aromatic rings. The first-order valence-corrected chi connectivity index (χ1v) is 7.61. The van der Waals surface area contributed by atoms with Crippen LogP contribution in [-0.2, 0) is 9.59 Å². The molecule has 1 amide bonds. The van der Waals surface area contributed by atoms with Crippen LogP contribution in [0, 0.1) is 18.8 Å². The number of aryl methyl sites for hydroxylation is 1. The largest absolute Gasteiger partial charge is 0.481 e. The van der Waals surface area contributed by atoms with Crippen molar-refractivity contribution in [3.05, 3.63) is 35.4 Å². The van der Waals surface area contributed by atoms with E-state index in [-0.39, 0.29) is 23.8 Å². The van der Waals surface area contributed by atoms with Crippen molar-refractivity contribution in [1.29, 1.82) is 0 Å². The number of hydrogen-bond acceptors (Lipinski definition) is 2. The molecule has 0 aromatic heterocycles. The molecule has 2 N–H and O–H groups in total. The highest BCUT2D eigenvalue weighted by atomic mass is 16.4. The second-order valence-corrected chi connectivity index (χ2v) is 5.93. The Labute approximate surface area is 125 Å². The Morgan fingerprint density at radius 2 is 1.86 bits per heavy atom. The van der Waals surface area contributed by atoms with Crippen molar-refractivity contribution >= 4 is 11.9 Å². The van der Waals surface area contributed by atoms with Crippen molar-refractivity contribution in [2.24, 2.45) is 11.8 Å². The topological polar surface area (TPSA) is 66.4 Å². The number of nitrogens with one attached hydrogen (secondary N) is 1. The summed E-state index contributed by atoms with van der Waals surface area (Å²) in [5.41, 5.74) is 2.30. The summed E-state index contributed by atoms with van der Waals surface area (Å²) in [5.74, 6) is -1.31. The first kappa shape index (κ1) is 15.5. The third kappa shape index (κ3) is 3.84. The second-order valence-electron chi connectivity index (χ2n) is 5.93. The van der Waals surface area contributed by atoms with Crippen LogP contribution in [0.3, 0.4) is 0 Å². The molecule has 1 aliphatic carbocycles. The molecule has 3 atom stereocenters. The van der Waals surface area contributed by atoms with E-state index >= 15 is 0 Å². The standard InChI is InChI=1S/C17H23NO3/c1-3-15(12-6-4-11(2)5-7-12)18-16(19)13-8-9-14(10-13)17(20)21/h4-7,13-15H,3,8-10H2,1-2H3,(H,18,19)(H,20,21)/t13-,14+,15?/m1/s1. The van der Waals surface area contributed by atoms with Gasteiger partial charge < -0.3 is 10.4 Å². The third-order valence-corrected chi connectivity index (χ3v) is 4.36. The lowest BCUT2D eigenvalue weighted by Gasteiger charge is -2.20. The van der Waals surface area contributed by atoms with E-state index in [1.165, 1.54) is 5.56 Å². The van der Waals surface area contributed by atoms with E-state index in [4.69, 9.17) is 5.11 Å². The quantitative estimate of drug-likeness (QED) is 0.875. The van der Waals surface area contributed by atoms with Gasteiger partial charge in [0.05, 0.1) is 12.0 Å². The minimum Gasteiger partial charge on any atom is -0.481 e. The van der Waals surface area contributed by atoms with Crippen LogP contribution in [0.25, 0.3) is 0 Å². The average Bonchev–Trinajstić information content (AvgIpc) is 2.96. The molecule has 1 unspecified atom stereocenters. The highest BCUT2D eigenvalue weighted by molar-refractivity contribution is 5.81. The fourth-order valence-corrected chi connectivity index (χ4v) is 2.95. The van der Waals surface area contributed by atoms with E-state index in [0.29, 0.717) is 19.3 Å². The van der Waals surface area contributed by atoms with Gasteiger partial charge in [0.1, 0.15) is 0 Å². The van der Waals surface area contributed by atoms with Crippen molar-refractivity contribution in [1.82, 2.24) is 5.32 Å². The number of benzene rings is 1. The lowest BCUT2D eigenvalue weighted by molar-refractivity contribution is -0.141. The molecule has 0 heterocycles. The molecule has 2 rings (SSSR count). The van der Waals surface area contributed by atoms with Crippen molar-refractivity contribution in [2.75, 3.05) is 0 Å². The predicted octanol–water partition coefficient (Wildman–Crippen LogP) is 3.06. The Morgan fingerprint density at radius 3 is 2.38 bits per heavy atom. The summed E-state index contributed by atoms with van der Waals surface area (Å²) in [6.07, 6.45) is 2.57. The Bertz CT molecular complexity index is 509. The van der Waals surface area contributed by atoms with Gasteiger partial charge in [0.25, 0.3) is 0 Å². The molecule has 0 radical (unpaired) electrons. The summed E-state index contributed by atoms with van der Waals surface area (Å²) >= 11 is 0. The van der Waals surface area contributed by atoms with Crippen LogP contribution in [-0.4, -0.2) is 17.0 Å². The van der Waals surface area contributed by atoms with Crippen LogP contribution >= 0.6 is 0 Å². The van der Waals surface area contributed by atoms with Crippen LogP contribution in [0.5, 0.6) is 0 Å². The summed E-state index contributed by atoms with van der Waals surface area (Å²) in [5, 5.41) is 12.1.